The molecular weight excluding hydrogens is 288 g/mol. The highest BCUT2D eigenvalue weighted by Gasteiger charge is 2.35. The third-order valence-corrected chi connectivity index (χ3v) is 4.36. The summed E-state index contributed by atoms with van der Waals surface area (Å²) in [6.45, 7) is 5.50. The van der Waals surface area contributed by atoms with Gasteiger partial charge in [-0.05, 0) is 43.5 Å². The van der Waals surface area contributed by atoms with Crippen molar-refractivity contribution in [3.8, 4) is 0 Å². The molecule has 2 rings (SSSR count). The molecule has 2 nitrogen and oxygen atoms in total. The molecule has 1 fully saturated rings. The fourth-order valence-corrected chi connectivity index (χ4v) is 2.92. The summed E-state index contributed by atoms with van der Waals surface area (Å²) in [4.78, 5) is 2.58. The third kappa shape index (κ3) is 3.14. The SMILES string of the molecule is CCC(N)C(c1ccc(Br)cc1)N(CC)C1CC1. The number of benzene rings is 1. The van der Waals surface area contributed by atoms with Crippen LogP contribution >= 0.6 is 15.9 Å². The quantitative estimate of drug-likeness (QED) is 0.868. The Morgan fingerprint density at radius 1 is 1.28 bits per heavy atom. The number of hydrogen-bond donors (Lipinski definition) is 1. The Balaban J connectivity index is 2.25. The molecule has 0 aromatic heterocycles. The molecule has 3 heteroatoms. The molecule has 100 valence electrons. The van der Waals surface area contributed by atoms with E-state index in [4.69, 9.17) is 5.73 Å². The van der Waals surface area contributed by atoms with Crippen molar-refractivity contribution in [1.29, 1.82) is 0 Å². The van der Waals surface area contributed by atoms with E-state index in [2.05, 4.69) is 58.9 Å². The van der Waals surface area contributed by atoms with Gasteiger partial charge in [-0.25, -0.2) is 0 Å². The number of halogens is 1. The van der Waals surface area contributed by atoms with Crippen LogP contribution in [-0.4, -0.2) is 23.5 Å². The normalized spacial score (nSPS) is 18.9. The maximum absolute atomic E-state index is 6.38. The van der Waals surface area contributed by atoms with Gasteiger partial charge in [0, 0.05) is 16.6 Å². The van der Waals surface area contributed by atoms with Gasteiger partial charge < -0.3 is 5.73 Å². The van der Waals surface area contributed by atoms with Crippen LogP contribution in [0.25, 0.3) is 0 Å². The molecule has 2 atom stereocenters. The molecule has 1 aliphatic carbocycles. The fourth-order valence-electron chi connectivity index (χ4n) is 2.66. The lowest BCUT2D eigenvalue weighted by Crippen LogP contribution is -2.42. The highest BCUT2D eigenvalue weighted by molar-refractivity contribution is 9.10. The average molecular weight is 311 g/mol. The minimum atomic E-state index is 0.215. The van der Waals surface area contributed by atoms with Gasteiger partial charge in [-0.2, -0.15) is 0 Å². The highest BCUT2D eigenvalue weighted by atomic mass is 79.9. The molecule has 1 aromatic rings. The summed E-state index contributed by atoms with van der Waals surface area (Å²) in [5.41, 5.74) is 7.72. The summed E-state index contributed by atoms with van der Waals surface area (Å²) in [5, 5.41) is 0. The highest BCUT2D eigenvalue weighted by Crippen LogP contribution is 2.36. The first kappa shape index (κ1) is 14.0. The average Bonchev–Trinajstić information content (AvgIpc) is 3.21. The molecule has 0 radical (unpaired) electrons. The fraction of sp³-hybridized carbons (Fsp3) is 0.600. The predicted octanol–water partition coefficient (Wildman–Crippen LogP) is 3.71. The zero-order chi connectivity index (χ0) is 13.1. The van der Waals surface area contributed by atoms with Gasteiger partial charge in [-0.3, -0.25) is 4.90 Å². The van der Waals surface area contributed by atoms with E-state index >= 15 is 0 Å². The summed E-state index contributed by atoms with van der Waals surface area (Å²) in [6, 6.07) is 9.97. The Bertz CT molecular complexity index is 373. The van der Waals surface area contributed by atoms with Crippen molar-refractivity contribution in [1.82, 2.24) is 4.90 Å². The summed E-state index contributed by atoms with van der Waals surface area (Å²) in [5.74, 6) is 0. The predicted molar refractivity (Wildman–Crippen MR) is 80.6 cm³/mol. The smallest absolute Gasteiger partial charge is 0.0501 e. The Hall–Kier alpha value is -0.380. The van der Waals surface area contributed by atoms with Crippen molar-refractivity contribution in [2.24, 2.45) is 5.73 Å². The molecule has 1 aliphatic rings. The molecule has 18 heavy (non-hydrogen) atoms. The summed E-state index contributed by atoms with van der Waals surface area (Å²) in [6.07, 6.45) is 3.68. The molecule has 0 heterocycles. The lowest BCUT2D eigenvalue weighted by molar-refractivity contribution is 0.168. The molecule has 2 unspecified atom stereocenters. The molecule has 2 N–H and O–H groups in total. The van der Waals surface area contributed by atoms with Crippen molar-refractivity contribution < 1.29 is 0 Å². The maximum Gasteiger partial charge on any atom is 0.0501 e. The van der Waals surface area contributed by atoms with Gasteiger partial charge in [-0.15, -0.1) is 0 Å². The minimum Gasteiger partial charge on any atom is -0.326 e. The number of nitrogens with two attached hydrogens (primary N) is 1. The van der Waals surface area contributed by atoms with Crippen LogP contribution in [0.3, 0.4) is 0 Å². The lowest BCUT2D eigenvalue weighted by atomic mass is 9.96. The van der Waals surface area contributed by atoms with Crippen molar-refractivity contribution in [3.05, 3.63) is 34.3 Å². The Morgan fingerprint density at radius 3 is 2.33 bits per heavy atom. The summed E-state index contributed by atoms with van der Waals surface area (Å²) in [7, 11) is 0. The topological polar surface area (TPSA) is 29.3 Å². The molecule has 0 spiro atoms. The van der Waals surface area contributed by atoms with E-state index in [1.54, 1.807) is 0 Å². The second-order valence-electron chi connectivity index (χ2n) is 5.13. The Morgan fingerprint density at radius 2 is 1.89 bits per heavy atom. The van der Waals surface area contributed by atoms with E-state index in [0.717, 1.165) is 23.5 Å². The molecule has 0 amide bonds. The van der Waals surface area contributed by atoms with Crippen molar-refractivity contribution >= 4 is 15.9 Å². The van der Waals surface area contributed by atoms with E-state index in [9.17, 15) is 0 Å². The monoisotopic (exact) mass is 310 g/mol. The van der Waals surface area contributed by atoms with Crippen LogP contribution in [0.2, 0.25) is 0 Å². The van der Waals surface area contributed by atoms with Crippen LogP contribution in [0, 0.1) is 0 Å². The number of nitrogens with zero attached hydrogens (tertiary/aromatic N) is 1. The standard InChI is InChI=1S/C15H23BrN2/c1-3-14(17)15(18(4-2)13-9-10-13)11-5-7-12(16)8-6-11/h5-8,13-15H,3-4,9-10,17H2,1-2H3. The third-order valence-electron chi connectivity index (χ3n) is 3.83. The van der Waals surface area contributed by atoms with Crippen LogP contribution in [0.4, 0.5) is 0 Å². The van der Waals surface area contributed by atoms with Gasteiger partial charge in [0.15, 0.2) is 0 Å². The van der Waals surface area contributed by atoms with Crippen molar-refractivity contribution in [2.75, 3.05) is 6.54 Å². The van der Waals surface area contributed by atoms with E-state index in [-0.39, 0.29) is 6.04 Å². The largest absolute Gasteiger partial charge is 0.326 e. The van der Waals surface area contributed by atoms with Crippen LogP contribution < -0.4 is 5.73 Å². The first-order valence-electron chi connectivity index (χ1n) is 6.94. The second kappa shape index (κ2) is 6.18. The molecular formula is C15H23BrN2. The van der Waals surface area contributed by atoms with E-state index < -0.39 is 0 Å². The number of hydrogen-bond acceptors (Lipinski definition) is 2. The molecule has 0 aliphatic heterocycles. The Kier molecular flexibility index (Phi) is 4.82. The van der Waals surface area contributed by atoms with Crippen LogP contribution in [0.5, 0.6) is 0 Å². The van der Waals surface area contributed by atoms with Gasteiger partial charge >= 0.3 is 0 Å². The number of rotatable bonds is 6. The molecule has 1 saturated carbocycles. The lowest BCUT2D eigenvalue weighted by Gasteiger charge is -2.35. The van der Waals surface area contributed by atoms with Crippen LogP contribution in [0.1, 0.15) is 44.7 Å². The first-order chi connectivity index (χ1) is 8.67. The maximum atomic E-state index is 6.38. The first-order valence-corrected chi connectivity index (χ1v) is 7.73. The zero-order valence-corrected chi connectivity index (χ0v) is 12.9. The van der Waals surface area contributed by atoms with Gasteiger partial charge in [0.25, 0.3) is 0 Å². The Labute approximate surface area is 119 Å². The molecule has 1 aromatic carbocycles. The minimum absolute atomic E-state index is 0.215. The van der Waals surface area contributed by atoms with Crippen LogP contribution in [-0.2, 0) is 0 Å². The van der Waals surface area contributed by atoms with Crippen molar-refractivity contribution in [2.45, 2.75) is 51.2 Å². The number of likely N-dealkylation sites (N-methyl/N-ethyl adjacent to an activating group) is 1. The van der Waals surface area contributed by atoms with Gasteiger partial charge in [0.1, 0.15) is 0 Å². The van der Waals surface area contributed by atoms with E-state index in [1.165, 1.54) is 18.4 Å². The van der Waals surface area contributed by atoms with Gasteiger partial charge in [0.05, 0.1) is 6.04 Å². The van der Waals surface area contributed by atoms with Gasteiger partial charge in [0.2, 0.25) is 0 Å². The summed E-state index contributed by atoms with van der Waals surface area (Å²) < 4.78 is 1.13. The van der Waals surface area contributed by atoms with E-state index in [0.29, 0.717) is 6.04 Å². The van der Waals surface area contributed by atoms with E-state index in [1.807, 2.05) is 0 Å². The van der Waals surface area contributed by atoms with Crippen molar-refractivity contribution in [3.63, 3.8) is 0 Å². The second-order valence-corrected chi connectivity index (χ2v) is 6.05. The molecule has 0 bridgehead atoms. The zero-order valence-electron chi connectivity index (χ0n) is 11.3. The van der Waals surface area contributed by atoms with Gasteiger partial charge in [-0.1, -0.05) is 41.9 Å². The van der Waals surface area contributed by atoms with Crippen LogP contribution in [0.15, 0.2) is 28.7 Å². The summed E-state index contributed by atoms with van der Waals surface area (Å²) >= 11 is 3.50. The molecule has 0 saturated heterocycles.